The minimum Gasteiger partial charge on any atom is -0.444 e. The summed E-state index contributed by atoms with van der Waals surface area (Å²) in [4.78, 5) is 48.9. The van der Waals surface area contributed by atoms with E-state index in [1.165, 1.54) is 0 Å². The molecule has 2 atom stereocenters. The second-order valence-corrected chi connectivity index (χ2v) is 10.0. The van der Waals surface area contributed by atoms with Crippen LogP contribution in [0.15, 0.2) is 23.3 Å². The third-order valence-electron chi connectivity index (χ3n) is 4.76. The third-order valence-corrected chi connectivity index (χ3v) is 4.76. The average molecular weight is 465 g/mol. The van der Waals surface area contributed by atoms with Crippen molar-refractivity contribution >= 4 is 24.0 Å². The Labute approximate surface area is 194 Å². The Balaban J connectivity index is 1.83. The first-order valence-corrected chi connectivity index (χ1v) is 11.2. The number of hydrogen-bond acceptors (Lipinski definition) is 6. The molecule has 10 nitrogen and oxygen atoms in total. The predicted octanol–water partition coefficient (Wildman–Crippen LogP) is 1.77. The normalized spacial score (nSPS) is 19.2. The van der Waals surface area contributed by atoms with Crippen LogP contribution in [0.4, 0.5) is 9.59 Å². The van der Waals surface area contributed by atoms with Crippen molar-refractivity contribution in [3.63, 3.8) is 0 Å². The molecule has 0 heterocycles. The number of carbonyl (C=O) groups is 4. The molecule has 33 heavy (non-hydrogen) atoms. The van der Waals surface area contributed by atoms with E-state index in [2.05, 4.69) is 21.3 Å². The van der Waals surface area contributed by atoms with Crippen molar-refractivity contribution in [1.82, 2.24) is 21.3 Å². The molecule has 184 valence electrons. The molecule has 0 saturated heterocycles. The summed E-state index contributed by atoms with van der Waals surface area (Å²) in [5.41, 5.74) is -0.286. The summed E-state index contributed by atoms with van der Waals surface area (Å²) in [7, 11) is 0. The smallest absolute Gasteiger partial charge is 0.407 e. The van der Waals surface area contributed by atoms with E-state index < -0.39 is 23.4 Å². The third kappa shape index (κ3) is 8.43. The number of ether oxygens (including phenoxy) is 2. The second kappa shape index (κ2) is 10.7. The molecule has 0 aromatic carbocycles. The van der Waals surface area contributed by atoms with Gasteiger partial charge in [-0.05, 0) is 48.0 Å². The minimum atomic E-state index is -0.599. The van der Waals surface area contributed by atoms with Gasteiger partial charge in [-0.15, -0.1) is 0 Å². The zero-order chi connectivity index (χ0) is 24.8. The number of allylic oxidation sites excluding steroid dienone is 2. The summed E-state index contributed by atoms with van der Waals surface area (Å²) in [5, 5.41) is 10.7. The molecule has 4 N–H and O–H groups in total. The Morgan fingerprint density at radius 3 is 1.36 bits per heavy atom. The molecule has 4 amide bonds. The number of nitrogens with one attached hydrogen (secondary N) is 4. The lowest BCUT2D eigenvalue weighted by Gasteiger charge is -2.20. The molecule has 2 aliphatic carbocycles. The van der Waals surface area contributed by atoms with Crippen molar-refractivity contribution in [2.24, 2.45) is 11.8 Å². The fourth-order valence-corrected chi connectivity index (χ4v) is 3.61. The molecule has 2 bridgehead atoms. The van der Waals surface area contributed by atoms with Crippen LogP contribution in [-0.2, 0) is 19.1 Å². The van der Waals surface area contributed by atoms with Crippen molar-refractivity contribution in [1.29, 1.82) is 0 Å². The molecule has 2 rings (SSSR count). The first-order chi connectivity index (χ1) is 15.3. The highest BCUT2D eigenvalue weighted by Crippen LogP contribution is 2.43. The van der Waals surface area contributed by atoms with E-state index >= 15 is 0 Å². The van der Waals surface area contributed by atoms with Gasteiger partial charge >= 0.3 is 12.2 Å². The van der Waals surface area contributed by atoms with Crippen LogP contribution >= 0.6 is 0 Å². The van der Waals surface area contributed by atoms with E-state index in [-0.39, 0.29) is 49.8 Å². The lowest BCUT2D eigenvalue weighted by atomic mass is 9.95. The first-order valence-electron chi connectivity index (χ1n) is 11.2. The highest BCUT2D eigenvalue weighted by atomic mass is 16.6. The highest BCUT2D eigenvalue weighted by Gasteiger charge is 2.41. The number of carbonyl (C=O) groups excluding carboxylic acids is 4. The molecule has 0 fully saturated rings. The van der Waals surface area contributed by atoms with Gasteiger partial charge < -0.3 is 30.7 Å². The summed E-state index contributed by atoms with van der Waals surface area (Å²) >= 11 is 0. The van der Waals surface area contributed by atoms with Crippen LogP contribution in [0.1, 0.15) is 48.0 Å². The molecule has 0 radical (unpaired) electrons. The summed E-state index contributed by atoms with van der Waals surface area (Å²) in [6.07, 6.45) is 3.47. The lowest BCUT2D eigenvalue weighted by molar-refractivity contribution is -0.120. The maximum Gasteiger partial charge on any atom is 0.407 e. The number of amides is 4. The van der Waals surface area contributed by atoms with Gasteiger partial charge in [-0.2, -0.15) is 0 Å². The van der Waals surface area contributed by atoms with Gasteiger partial charge in [0.25, 0.3) is 0 Å². The van der Waals surface area contributed by atoms with Gasteiger partial charge in [0.05, 0.1) is 0 Å². The summed E-state index contributed by atoms with van der Waals surface area (Å²) in [6, 6.07) is 0. The Morgan fingerprint density at radius 1 is 0.697 bits per heavy atom. The Kier molecular flexibility index (Phi) is 8.51. The Hall–Kier alpha value is -3.04. The van der Waals surface area contributed by atoms with E-state index in [1.807, 2.05) is 12.2 Å². The predicted molar refractivity (Wildman–Crippen MR) is 122 cm³/mol. The largest absolute Gasteiger partial charge is 0.444 e. The van der Waals surface area contributed by atoms with Crippen LogP contribution in [0.5, 0.6) is 0 Å². The van der Waals surface area contributed by atoms with Gasteiger partial charge in [0.15, 0.2) is 0 Å². The Morgan fingerprint density at radius 2 is 1.03 bits per heavy atom. The lowest BCUT2D eigenvalue weighted by Crippen LogP contribution is -2.40. The van der Waals surface area contributed by atoms with Gasteiger partial charge in [0.1, 0.15) is 11.2 Å². The molecular weight excluding hydrogens is 428 g/mol. The van der Waals surface area contributed by atoms with E-state index in [1.54, 1.807) is 41.5 Å². The highest BCUT2D eigenvalue weighted by molar-refractivity contribution is 6.07. The molecule has 2 aliphatic rings. The van der Waals surface area contributed by atoms with Gasteiger partial charge in [-0.3, -0.25) is 9.59 Å². The van der Waals surface area contributed by atoms with Crippen molar-refractivity contribution in [2.75, 3.05) is 26.2 Å². The van der Waals surface area contributed by atoms with Crippen LogP contribution < -0.4 is 21.3 Å². The maximum absolute atomic E-state index is 12.8. The number of fused-ring (bicyclic) bond motifs is 2. The van der Waals surface area contributed by atoms with Crippen LogP contribution in [0.25, 0.3) is 0 Å². The van der Waals surface area contributed by atoms with Gasteiger partial charge in [-0.25, -0.2) is 9.59 Å². The quantitative estimate of drug-likeness (QED) is 0.319. The average Bonchev–Trinajstić information content (AvgIpc) is 3.27. The zero-order valence-corrected chi connectivity index (χ0v) is 20.3. The standard InChI is InChI=1S/C23H36N4O6/c1-22(2,3)32-20(30)26-11-9-24-18(28)16-14-7-8-15(13-14)17(16)19(29)25-10-12-27-21(31)33-23(4,5)6/h7-8,14-15H,9-13H2,1-6H3,(H,24,28)(H,25,29)(H,26,30)(H,27,31). The molecular formula is C23H36N4O6. The monoisotopic (exact) mass is 464 g/mol. The summed E-state index contributed by atoms with van der Waals surface area (Å²) in [5.74, 6) is -0.853. The van der Waals surface area contributed by atoms with E-state index in [0.717, 1.165) is 0 Å². The number of hydrogen-bond donors (Lipinski definition) is 4. The molecule has 0 aromatic heterocycles. The van der Waals surface area contributed by atoms with E-state index in [0.29, 0.717) is 17.6 Å². The molecule has 0 aromatic rings. The van der Waals surface area contributed by atoms with Gasteiger partial charge in [0.2, 0.25) is 11.8 Å². The molecule has 2 unspecified atom stereocenters. The maximum atomic E-state index is 12.8. The summed E-state index contributed by atoms with van der Waals surface area (Å²) < 4.78 is 10.3. The number of rotatable bonds is 8. The zero-order valence-electron chi connectivity index (χ0n) is 20.3. The van der Waals surface area contributed by atoms with E-state index in [4.69, 9.17) is 9.47 Å². The number of alkyl carbamates (subject to hydrolysis) is 2. The van der Waals surface area contributed by atoms with Crippen LogP contribution in [-0.4, -0.2) is 61.4 Å². The van der Waals surface area contributed by atoms with Gasteiger partial charge in [0, 0.05) is 49.2 Å². The van der Waals surface area contributed by atoms with Crippen molar-refractivity contribution < 1.29 is 28.7 Å². The fraction of sp³-hybridized carbons (Fsp3) is 0.652. The molecule has 0 saturated carbocycles. The molecule has 0 aliphatic heterocycles. The van der Waals surface area contributed by atoms with Gasteiger partial charge in [-0.1, -0.05) is 12.2 Å². The SMILES string of the molecule is CC(C)(C)OC(=O)NCCNC(=O)C1=C(C(=O)NCCNC(=O)OC(C)(C)C)C2C=CC1C2. The summed E-state index contributed by atoms with van der Waals surface area (Å²) in [6.45, 7) is 11.4. The topological polar surface area (TPSA) is 135 Å². The minimum absolute atomic E-state index is 0.102. The second-order valence-electron chi connectivity index (χ2n) is 10.0. The van der Waals surface area contributed by atoms with E-state index in [9.17, 15) is 19.2 Å². The molecule has 0 spiro atoms. The van der Waals surface area contributed by atoms with Crippen molar-refractivity contribution in [3.8, 4) is 0 Å². The van der Waals surface area contributed by atoms with Crippen LogP contribution in [0, 0.1) is 11.8 Å². The molecule has 10 heteroatoms. The first kappa shape index (κ1) is 26.2. The van der Waals surface area contributed by atoms with Crippen LogP contribution in [0.2, 0.25) is 0 Å². The van der Waals surface area contributed by atoms with Crippen LogP contribution in [0.3, 0.4) is 0 Å². The van der Waals surface area contributed by atoms with Crippen molar-refractivity contribution in [2.45, 2.75) is 59.2 Å². The van der Waals surface area contributed by atoms with Crippen molar-refractivity contribution in [3.05, 3.63) is 23.3 Å². The fourth-order valence-electron chi connectivity index (χ4n) is 3.61. The Bertz CT molecular complexity index is 769.